The number of hydrogen-bond donors (Lipinski definition) is 0. The van der Waals surface area contributed by atoms with E-state index in [1.165, 1.54) is 11.1 Å². The third kappa shape index (κ3) is 3.98. The molecule has 31 heavy (non-hydrogen) atoms. The average molecular weight is 410 g/mol. The van der Waals surface area contributed by atoms with Gasteiger partial charge in [-0.15, -0.1) is 0 Å². The smallest absolute Gasteiger partial charge is 0.253 e. The Bertz CT molecular complexity index is 1200. The van der Waals surface area contributed by atoms with Crippen molar-refractivity contribution in [1.29, 1.82) is 0 Å². The Labute approximate surface area is 183 Å². The molecule has 4 aromatic rings. The molecular formula is C27H27N3O. The molecule has 0 spiro atoms. The summed E-state index contributed by atoms with van der Waals surface area (Å²) in [6, 6.07) is 27.2. The first-order valence-electron chi connectivity index (χ1n) is 11.0. The van der Waals surface area contributed by atoms with E-state index in [0.717, 1.165) is 54.8 Å². The average Bonchev–Trinajstić information content (AvgIpc) is 3.17. The molecule has 0 aliphatic carbocycles. The third-order valence-corrected chi connectivity index (χ3v) is 6.26. The van der Waals surface area contributed by atoms with E-state index in [0.29, 0.717) is 6.04 Å². The Balaban J connectivity index is 1.39. The Kier molecular flexibility index (Phi) is 5.29. The molecule has 4 nitrogen and oxygen atoms in total. The van der Waals surface area contributed by atoms with Crippen molar-refractivity contribution in [2.75, 3.05) is 13.1 Å². The molecule has 0 unspecified atom stereocenters. The first kappa shape index (κ1) is 19.6. The van der Waals surface area contributed by atoms with E-state index in [-0.39, 0.29) is 5.91 Å². The third-order valence-electron chi connectivity index (χ3n) is 6.26. The molecule has 0 radical (unpaired) electrons. The number of fused-ring (bicyclic) bond motifs is 1. The van der Waals surface area contributed by atoms with Gasteiger partial charge in [-0.3, -0.25) is 4.79 Å². The van der Waals surface area contributed by atoms with Gasteiger partial charge in [0.2, 0.25) is 0 Å². The van der Waals surface area contributed by atoms with Gasteiger partial charge in [0.15, 0.2) is 0 Å². The second-order valence-electron chi connectivity index (χ2n) is 8.44. The number of carbonyl (C=O) groups is 1. The molecule has 4 heteroatoms. The molecule has 1 amide bonds. The molecule has 2 heterocycles. The minimum atomic E-state index is 0.141. The second kappa shape index (κ2) is 8.38. The topological polar surface area (TPSA) is 38.1 Å². The van der Waals surface area contributed by atoms with Crippen molar-refractivity contribution in [2.24, 2.45) is 0 Å². The summed E-state index contributed by atoms with van der Waals surface area (Å²) in [7, 11) is 0. The van der Waals surface area contributed by atoms with Gasteiger partial charge in [-0.2, -0.15) is 0 Å². The van der Waals surface area contributed by atoms with Crippen molar-refractivity contribution in [3.63, 3.8) is 0 Å². The zero-order valence-corrected chi connectivity index (χ0v) is 17.9. The van der Waals surface area contributed by atoms with Crippen LogP contribution in [0.5, 0.6) is 0 Å². The summed E-state index contributed by atoms with van der Waals surface area (Å²) in [5, 5.41) is 0. The number of hydrogen-bond acceptors (Lipinski definition) is 2. The standard InChI is InChI=1S/C27H27N3O/c1-20-8-7-11-22(18-20)27(31)29-16-14-23(15-17-29)30-25-13-6-5-12-24(25)28-26(30)19-21-9-3-2-4-10-21/h2-13,18,23H,14-17,19H2,1H3. The number of aromatic nitrogens is 2. The van der Waals surface area contributed by atoms with Crippen molar-refractivity contribution < 1.29 is 4.79 Å². The first-order valence-corrected chi connectivity index (χ1v) is 11.0. The molecule has 1 aliphatic heterocycles. The van der Waals surface area contributed by atoms with Crippen LogP contribution in [0, 0.1) is 6.92 Å². The number of rotatable bonds is 4. The van der Waals surface area contributed by atoms with Crippen LogP contribution in [0.3, 0.4) is 0 Å². The number of aryl methyl sites for hydroxylation is 1. The van der Waals surface area contributed by atoms with E-state index < -0.39 is 0 Å². The lowest BCUT2D eigenvalue weighted by Gasteiger charge is -2.34. The fraction of sp³-hybridized carbons (Fsp3) is 0.259. The largest absolute Gasteiger partial charge is 0.338 e. The highest BCUT2D eigenvalue weighted by molar-refractivity contribution is 5.94. The van der Waals surface area contributed by atoms with Gasteiger partial charge in [-0.05, 0) is 49.6 Å². The van der Waals surface area contributed by atoms with Crippen LogP contribution in [0.2, 0.25) is 0 Å². The first-order chi connectivity index (χ1) is 15.2. The molecule has 0 atom stereocenters. The summed E-state index contributed by atoms with van der Waals surface area (Å²) in [4.78, 5) is 20.0. The van der Waals surface area contributed by atoms with Crippen molar-refractivity contribution >= 4 is 16.9 Å². The monoisotopic (exact) mass is 409 g/mol. The maximum absolute atomic E-state index is 13.0. The molecule has 1 aromatic heterocycles. The summed E-state index contributed by atoms with van der Waals surface area (Å²) in [6.45, 7) is 3.57. The predicted octanol–water partition coefficient (Wildman–Crippen LogP) is 5.41. The maximum Gasteiger partial charge on any atom is 0.253 e. The highest BCUT2D eigenvalue weighted by atomic mass is 16.2. The Morgan fingerprint density at radius 2 is 1.68 bits per heavy atom. The molecule has 0 saturated carbocycles. The Morgan fingerprint density at radius 3 is 2.45 bits per heavy atom. The molecule has 0 bridgehead atoms. The maximum atomic E-state index is 13.0. The van der Waals surface area contributed by atoms with Gasteiger partial charge in [-0.25, -0.2) is 4.98 Å². The van der Waals surface area contributed by atoms with Gasteiger partial charge in [0.25, 0.3) is 5.91 Å². The highest BCUT2D eigenvalue weighted by Gasteiger charge is 2.27. The number of nitrogens with zero attached hydrogens (tertiary/aromatic N) is 3. The van der Waals surface area contributed by atoms with Crippen LogP contribution < -0.4 is 0 Å². The number of benzene rings is 3. The lowest BCUT2D eigenvalue weighted by atomic mass is 10.0. The number of likely N-dealkylation sites (tertiary alicyclic amines) is 1. The quantitative estimate of drug-likeness (QED) is 0.452. The van der Waals surface area contributed by atoms with Gasteiger partial charge in [0.05, 0.1) is 11.0 Å². The summed E-state index contributed by atoms with van der Waals surface area (Å²) >= 11 is 0. The fourth-order valence-corrected chi connectivity index (χ4v) is 4.69. The van der Waals surface area contributed by atoms with Crippen molar-refractivity contribution in [3.8, 4) is 0 Å². The van der Waals surface area contributed by atoms with Gasteiger partial charge >= 0.3 is 0 Å². The van der Waals surface area contributed by atoms with Crippen LogP contribution in [-0.2, 0) is 6.42 Å². The van der Waals surface area contributed by atoms with E-state index in [4.69, 9.17) is 4.98 Å². The van der Waals surface area contributed by atoms with Gasteiger partial charge in [-0.1, -0.05) is 60.2 Å². The van der Waals surface area contributed by atoms with Crippen LogP contribution in [0.25, 0.3) is 11.0 Å². The van der Waals surface area contributed by atoms with Crippen molar-refractivity contribution in [3.05, 3.63) is 101 Å². The van der Waals surface area contributed by atoms with Crippen LogP contribution in [0.1, 0.15) is 46.2 Å². The van der Waals surface area contributed by atoms with Crippen LogP contribution in [0.15, 0.2) is 78.9 Å². The number of carbonyl (C=O) groups excluding carboxylic acids is 1. The van der Waals surface area contributed by atoms with E-state index in [1.807, 2.05) is 42.2 Å². The van der Waals surface area contributed by atoms with E-state index >= 15 is 0 Å². The molecule has 1 aliphatic rings. The minimum Gasteiger partial charge on any atom is -0.338 e. The summed E-state index contributed by atoms with van der Waals surface area (Å²) in [5.41, 5.74) is 5.42. The van der Waals surface area contributed by atoms with Crippen LogP contribution >= 0.6 is 0 Å². The second-order valence-corrected chi connectivity index (χ2v) is 8.44. The van der Waals surface area contributed by atoms with Gasteiger partial charge in [0, 0.05) is 31.1 Å². The number of imidazole rings is 1. The van der Waals surface area contributed by atoms with Crippen LogP contribution in [0.4, 0.5) is 0 Å². The van der Waals surface area contributed by atoms with Crippen molar-refractivity contribution in [1.82, 2.24) is 14.5 Å². The lowest BCUT2D eigenvalue weighted by molar-refractivity contribution is 0.0695. The number of para-hydroxylation sites is 2. The van der Waals surface area contributed by atoms with E-state index in [1.54, 1.807) is 0 Å². The predicted molar refractivity (Wildman–Crippen MR) is 124 cm³/mol. The lowest BCUT2D eigenvalue weighted by Crippen LogP contribution is -2.39. The summed E-state index contributed by atoms with van der Waals surface area (Å²) in [5.74, 6) is 1.25. The SMILES string of the molecule is Cc1cccc(C(=O)N2CCC(n3c(Cc4ccccc4)nc4ccccc43)CC2)c1. The molecule has 1 saturated heterocycles. The number of piperidine rings is 1. The molecule has 1 fully saturated rings. The number of amides is 1. The minimum absolute atomic E-state index is 0.141. The Hall–Kier alpha value is -3.40. The molecule has 5 rings (SSSR count). The van der Waals surface area contributed by atoms with E-state index in [9.17, 15) is 4.79 Å². The van der Waals surface area contributed by atoms with Crippen LogP contribution in [-0.4, -0.2) is 33.4 Å². The van der Waals surface area contributed by atoms with Gasteiger partial charge < -0.3 is 9.47 Å². The molecular weight excluding hydrogens is 382 g/mol. The normalized spacial score (nSPS) is 14.8. The van der Waals surface area contributed by atoms with Gasteiger partial charge in [0.1, 0.15) is 5.82 Å². The summed E-state index contributed by atoms with van der Waals surface area (Å²) in [6.07, 6.45) is 2.71. The fourth-order valence-electron chi connectivity index (χ4n) is 4.69. The molecule has 156 valence electrons. The zero-order valence-electron chi connectivity index (χ0n) is 17.9. The zero-order chi connectivity index (χ0) is 21.2. The Morgan fingerprint density at radius 1 is 0.935 bits per heavy atom. The van der Waals surface area contributed by atoms with Crippen molar-refractivity contribution in [2.45, 2.75) is 32.2 Å². The summed E-state index contributed by atoms with van der Waals surface area (Å²) < 4.78 is 2.43. The van der Waals surface area contributed by atoms with E-state index in [2.05, 4.69) is 53.1 Å². The molecule has 0 N–H and O–H groups in total. The highest BCUT2D eigenvalue weighted by Crippen LogP contribution is 2.30. The molecule has 3 aromatic carbocycles.